The van der Waals surface area contributed by atoms with Gasteiger partial charge in [-0.05, 0) is 57.6 Å². The predicted octanol–water partition coefficient (Wildman–Crippen LogP) is 4.14. The Kier molecular flexibility index (Phi) is 7.56. The fourth-order valence-electron chi connectivity index (χ4n) is 4.46. The van der Waals surface area contributed by atoms with Gasteiger partial charge in [-0.15, -0.1) is 11.3 Å². The number of aryl methyl sites for hydroxylation is 1. The molecule has 3 heterocycles. The van der Waals surface area contributed by atoms with Crippen molar-refractivity contribution in [1.82, 2.24) is 20.2 Å². The van der Waals surface area contributed by atoms with Crippen LogP contribution < -0.4 is 10.6 Å². The van der Waals surface area contributed by atoms with Gasteiger partial charge in [-0.3, -0.25) is 9.59 Å². The van der Waals surface area contributed by atoms with E-state index in [1.165, 1.54) is 19.2 Å². The van der Waals surface area contributed by atoms with Gasteiger partial charge >= 0.3 is 6.18 Å². The average molecular weight is 526 g/mol. The number of thiazole rings is 1. The Morgan fingerprint density at radius 2 is 2.06 bits per heavy atom. The quantitative estimate of drug-likeness (QED) is 0.502. The van der Waals surface area contributed by atoms with Crippen LogP contribution in [0.2, 0.25) is 0 Å². The molecule has 2 aromatic heterocycles. The summed E-state index contributed by atoms with van der Waals surface area (Å²) >= 11 is 1.04. The molecule has 0 spiro atoms. The van der Waals surface area contributed by atoms with E-state index in [0.29, 0.717) is 35.4 Å². The molecular formula is C24H30F3N5O3S. The molecule has 2 fully saturated rings. The van der Waals surface area contributed by atoms with E-state index in [4.69, 9.17) is 0 Å². The first kappa shape index (κ1) is 26.3. The molecule has 0 radical (unpaired) electrons. The van der Waals surface area contributed by atoms with Gasteiger partial charge in [0.25, 0.3) is 11.8 Å². The Balaban J connectivity index is 1.67. The van der Waals surface area contributed by atoms with Crippen LogP contribution in [-0.2, 0) is 0 Å². The van der Waals surface area contributed by atoms with Gasteiger partial charge in [-0.1, -0.05) is 6.92 Å². The molecule has 12 heteroatoms. The second kappa shape index (κ2) is 10.3. The number of anilines is 1. The SMILES string of the molecule is CC[C@H](Nc1cc(C)c(-c2sc(C(=O)N[C@@H]3CC[C@H]3O)nc2C(=O)N2CCC[C@@H]2C)cn1)C(F)(F)F. The lowest BCUT2D eigenvalue weighted by atomic mass is 9.89. The van der Waals surface area contributed by atoms with E-state index in [2.05, 4.69) is 20.6 Å². The van der Waals surface area contributed by atoms with Crippen molar-refractivity contribution in [3.05, 3.63) is 28.5 Å². The highest BCUT2D eigenvalue weighted by atomic mass is 32.1. The molecule has 4 atom stereocenters. The molecular weight excluding hydrogens is 495 g/mol. The van der Waals surface area contributed by atoms with Crippen molar-refractivity contribution >= 4 is 29.0 Å². The second-order valence-electron chi connectivity index (χ2n) is 9.44. The monoisotopic (exact) mass is 525 g/mol. The maximum atomic E-state index is 13.4. The van der Waals surface area contributed by atoms with Crippen LogP contribution in [0.5, 0.6) is 0 Å². The Morgan fingerprint density at radius 1 is 1.31 bits per heavy atom. The normalized spacial score (nSPS) is 22.8. The van der Waals surface area contributed by atoms with E-state index in [-0.39, 0.29) is 40.9 Å². The molecule has 2 amide bonds. The third kappa shape index (κ3) is 5.34. The first-order chi connectivity index (χ1) is 17.0. The highest BCUT2D eigenvalue weighted by Crippen LogP contribution is 2.36. The second-order valence-corrected chi connectivity index (χ2v) is 10.4. The third-order valence-electron chi connectivity index (χ3n) is 6.87. The number of aliphatic hydroxyl groups is 1. The molecule has 0 bridgehead atoms. The average Bonchev–Trinajstić information content (AvgIpc) is 3.45. The minimum Gasteiger partial charge on any atom is -0.391 e. The number of rotatable bonds is 7. The summed E-state index contributed by atoms with van der Waals surface area (Å²) in [6.07, 6.45) is -0.732. The molecule has 4 rings (SSSR count). The summed E-state index contributed by atoms with van der Waals surface area (Å²) in [6.45, 7) is 5.70. The number of likely N-dealkylation sites (tertiary alicyclic amines) is 1. The number of hydrogen-bond acceptors (Lipinski definition) is 7. The first-order valence-corrected chi connectivity index (χ1v) is 12.9. The summed E-state index contributed by atoms with van der Waals surface area (Å²) < 4.78 is 39.6. The van der Waals surface area contributed by atoms with E-state index in [1.54, 1.807) is 11.8 Å². The van der Waals surface area contributed by atoms with Gasteiger partial charge in [-0.25, -0.2) is 9.97 Å². The summed E-state index contributed by atoms with van der Waals surface area (Å²) in [4.78, 5) is 37.0. The van der Waals surface area contributed by atoms with Gasteiger partial charge in [0.2, 0.25) is 0 Å². The van der Waals surface area contributed by atoms with E-state index in [0.717, 1.165) is 24.2 Å². The first-order valence-electron chi connectivity index (χ1n) is 12.1. The van der Waals surface area contributed by atoms with Crippen molar-refractivity contribution in [1.29, 1.82) is 0 Å². The minimum absolute atomic E-state index is 0.0357. The highest BCUT2D eigenvalue weighted by molar-refractivity contribution is 7.17. The summed E-state index contributed by atoms with van der Waals surface area (Å²) in [5.41, 5.74) is 1.24. The van der Waals surface area contributed by atoms with Crippen LogP contribution in [-0.4, -0.2) is 68.7 Å². The zero-order valence-corrected chi connectivity index (χ0v) is 21.2. The number of nitrogens with one attached hydrogen (secondary N) is 2. The van der Waals surface area contributed by atoms with Crippen LogP contribution in [0.25, 0.3) is 10.4 Å². The lowest BCUT2D eigenvalue weighted by Gasteiger charge is -2.32. The number of carbonyl (C=O) groups is 2. The standard InChI is InChI=1S/C24H30F3N5O3S/c1-4-17(24(25,26)27)30-18-10-12(2)14(11-28-18)20-19(23(35)32-9-5-6-13(32)3)31-22(36-20)21(34)29-15-7-8-16(15)33/h10-11,13,15-17,33H,4-9H2,1-3H3,(H,28,30)(H,29,34)/t13-,15+,16+,17-/m0/s1. The number of aromatic nitrogens is 2. The van der Waals surface area contributed by atoms with Crippen molar-refractivity contribution in [3.63, 3.8) is 0 Å². The van der Waals surface area contributed by atoms with E-state index >= 15 is 0 Å². The van der Waals surface area contributed by atoms with Crippen LogP contribution in [0.4, 0.5) is 19.0 Å². The molecule has 2 aliphatic rings. The number of alkyl halides is 3. The molecule has 1 saturated heterocycles. The lowest BCUT2D eigenvalue weighted by Crippen LogP contribution is -2.50. The number of halogens is 3. The molecule has 0 aromatic carbocycles. The fourth-order valence-corrected chi connectivity index (χ4v) is 5.50. The molecule has 3 N–H and O–H groups in total. The molecule has 36 heavy (non-hydrogen) atoms. The van der Waals surface area contributed by atoms with Gasteiger partial charge in [0.1, 0.15) is 17.6 Å². The van der Waals surface area contributed by atoms with Crippen LogP contribution >= 0.6 is 11.3 Å². The third-order valence-corrected chi connectivity index (χ3v) is 7.96. The molecule has 196 valence electrons. The maximum Gasteiger partial charge on any atom is 0.408 e. The van der Waals surface area contributed by atoms with Gasteiger partial charge in [0.15, 0.2) is 5.01 Å². The summed E-state index contributed by atoms with van der Waals surface area (Å²) in [5, 5.41) is 15.1. The molecule has 1 saturated carbocycles. The molecule has 0 unspecified atom stereocenters. The minimum atomic E-state index is -4.41. The van der Waals surface area contributed by atoms with Crippen LogP contribution in [0.3, 0.4) is 0 Å². The number of amides is 2. The lowest BCUT2D eigenvalue weighted by molar-refractivity contribution is -0.142. The van der Waals surface area contributed by atoms with Crippen molar-refractivity contribution in [3.8, 4) is 10.4 Å². The highest BCUT2D eigenvalue weighted by Gasteiger charge is 2.39. The van der Waals surface area contributed by atoms with Gasteiger partial charge in [0, 0.05) is 24.3 Å². The van der Waals surface area contributed by atoms with Gasteiger partial charge in [0.05, 0.1) is 17.0 Å². The van der Waals surface area contributed by atoms with E-state index in [1.807, 2.05) is 6.92 Å². The number of pyridine rings is 1. The van der Waals surface area contributed by atoms with Crippen LogP contribution in [0.1, 0.15) is 71.8 Å². The number of carbonyl (C=O) groups excluding carboxylic acids is 2. The Labute approximate surface area is 211 Å². The van der Waals surface area contributed by atoms with Gasteiger partial charge in [-0.2, -0.15) is 13.2 Å². The molecule has 2 aromatic rings. The van der Waals surface area contributed by atoms with Gasteiger partial charge < -0.3 is 20.6 Å². The Hall–Kier alpha value is -2.73. The summed E-state index contributed by atoms with van der Waals surface area (Å²) in [6, 6.07) is -0.546. The van der Waals surface area contributed by atoms with Crippen LogP contribution in [0, 0.1) is 6.92 Å². The number of aliphatic hydroxyl groups excluding tert-OH is 1. The van der Waals surface area contributed by atoms with Crippen molar-refractivity contribution in [2.45, 2.75) is 83.3 Å². The molecule has 8 nitrogen and oxygen atoms in total. The number of hydrogen-bond donors (Lipinski definition) is 3. The Bertz CT molecular complexity index is 1140. The zero-order chi connectivity index (χ0) is 26.2. The zero-order valence-electron chi connectivity index (χ0n) is 20.4. The summed E-state index contributed by atoms with van der Waals surface area (Å²) in [7, 11) is 0. The molecule has 1 aliphatic carbocycles. The van der Waals surface area contributed by atoms with E-state index < -0.39 is 24.2 Å². The molecule has 1 aliphatic heterocycles. The van der Waals surface area contributed by atoms with Crippen LogP contribution in [0.15, 0.2) is 12.3 Å². The van der Waals surface area contributed by atoms with E-state index in [9.17, 15) is 27.9 Å². The van der Waals surface area contributed by atoms with Crippen molar-refractivity contribution < 1.29 is 27.9 Å². The number of nitrogens with zero attached hydrogens (tertiary/aromatic N) is 3. The fraction of sp³-hybridized carbons (Fsp3) is 0.583. The Morgan fingerprint density at radius 3 is 2.58 bits per heavy atom. The van der Waals surface area contributed by atoms with Crippen molar-refractivity contribution in [2.24, 2.45) is 0 Å². The smallest absolute Gasteiger partial charge is 0.391 e. The largest absolute Gasteiger partial charge is 0.408 e. The maximum absolute atomic E-state index is 13.4. The predicted molar refractivity (Wildman–Crippen MR) is 130 cm³/mol. The summed E-state index contributed by atoms with van der Waals surface area (Å²) in [5.74, 6) is -0.694. The topological polar surface area (TPSA) is 107 Å². The van der Waals surface area contributed by atoms with Crippen molar-refractivity contribution in [2.75, 3.05) is 11.9 Å².